The molecule has 2 rings (SSSR count). The van der Waals surface area contributed by atoms with Crippen LogP contribution in [0, 0.1) is 3.57 Å². The third-order valence-electron chi connectivity index (χ3n) is 1.82. The monoisotopic (exact) mass is 303 g/mol. The molecule has 0 aliphatic heterocycles. The molecule has 0 aromatic carbocycles. The zero-order chi connectivity index (χ0) is 9.97. The van der Waals surface area contributed by atoms with Crippen molar-refractivity contribution in [3.05, 3.63) is 28.2 Å². The zero-order valence-electron chi connectivity index (χ0n) is 7.47. The second-order valence-electron chi connectivity index (χ2n) is 2.93. The maximum Gasteiger partial charge on any atom is 0.145 e. The van der Waals surface area contributed by atoms with Gasteiger partial charge in [-0.15, -0.1) is 0 Å². The fourth-order valence-corrected chi connectivity index (χ4v) is 1.61. The summed E-state index contributed by atoms with van der Waals surface area (Å²) in [5.74, 6) is 0.556. The number of nitrogens with two attached hydrogens (primary N) is 1. The van der Waals surface area contributed by atoms with Gasteiger partial charge >= 0.3 is 0 Å². The molecule has 2 aromatic heterocycles. The summed E-state index contributed by atoms with van der Waals surface area (Å²) < 4.78 is 4.84. The van der Waals surface area contributed by atoms with Crippen molar-refractivity contribution < 1.29 is 0 Å². The Labute approximate surface area is 95.0 Å². The highest BCUT2D eigenvalue weighted by Crippen LogP contribution is 2.02. The van der Waals surface area contributed by atoms with E-state index in [1.807, 2.05) is 28.0 Å². The van der Waals surface area contributed by atoms with Gasteiger partial charge in [0.2, 0.25) is 0 Å². The normalized spacial score (nSPS) is 10.6. The number of halogens is 1. The molecular formula is C8H10IN5. The maximum atomic E-state index is 5.50. The summed E-state index contributed by atoms with van der Waals surface area (Å²) in [5, 5.41) is 8.26. The third-order valence-corrected chi connectivity index (χ3v) is 2.38. The van der Waals surface area contributed by atoms with Crippen LogP contribution in [0.1, 0.15) is 0 Å². The van der Waals surface area contributed by atoms with Gasteiger partial charge in [0.1, 0.15) is 5.82 Å². The molecule has 6 heteroatoms. The van der Waals surface area contributed by atoms with Gasteiger partial charge in [0.05, 0.1) is 22.9 Å². The molecule has 0 saturated carbocycles. The lowest BCUT2D eigenvalue weighted by Crippen LogP contribution is -2.08. The number of aryl methyl sites for hydroxylation is 2. The highest BCUT2D eigenvalue weighted by molar-refractivity contribution is 14.1. The van der Waals surface area contributed by atoms with Gasteiger partial charge in [0.15, 0.2) is 0 Å². The van der Waals surface area contributed by atoms with Crippen molar-refractivity contribution in [1.82, 2.24) is 19.6 Å². The minimum absolute atomic E-state index is 0.556. The first-order valence-corrected chi connectivity index (χ1v) is 5.29. The largest absolute Gasteiger partial charge is 0.382 e. The Bertz CT molecular complexity index is 379. The lowest BCUT2D eigenvalue weighted by atomic mass is 10.6. The molecule has 0 bridgehead atoms. The smallest absolute Gasteiger partial charge is 0.145 e. The molecule has 0 aliphatic rings. The molecular weight excluding hydrogens is 293 g/mol. The summed E-state index contributed by atoms with van der Waals surface area (Å²) in [5.41, 5.74) is 5.50. The summed E-state index contributed by atoms with van der Waals surface area (Å²) in [4.78, 5) is 0. The van der Waals surface area contributed by atoms with E-state index in [1.54, 1.807) is 6.07 Å². The zero-order valence-corrected chi connectivity index (χ0v) is 9.63. The number of anilines is 1. The Kier molecular flexibility index (Phi) is 2.71. The molecule has 0 saturated heterocycles. The summed E-state index contributed by atoms with van der Waals surface area (Å²) >= 11 is 2.23. The van der Waals surface area contributed by atoms with E-state index >= 15 is 0 Å². The van der Waals surface area contributed by atoms with Gasteiger partial charge < -0.3 is 5.73 Å². The van der Waals surface area contributed by atoms with Crippen LogP contribution in [0.15, 0.2) is 24.7 Å². The minimum Gasteiger partial charge on any atom is -0.382 e. The van der Waals surface area contributed by atoms with Crippen molar-refractivity contribution in [2.45, 2.75) is 13.1 Å². The summed E-state index contributed by atoms with van der Waals surface area (Å²) in [7, 11) is 0. The van der Waals surface area contributed by atoms with Crippen molar-refractivity contribution in [1.29, 1.82) is 0 Å². The quantitative estimate of drug-likeness (QED) is 0.859. The van der Waals surface area contributed by atoms with Crippen LogP contribution in [0.3, 0.4) is 0 Å². The van der Waals surface area contributed by atoms with E-state index in [9.17, 15) is 0 Å². The van der Waals surface area contributed by atoms with Crippen molar-refractivity contribution >= 4 is 28.4 Å². The van der Waals surface area contributed by atoms with Crippen LogP contribution >= 0.6 is 22.6 Å². The Balaban J connectivity index is 1.94. The highest BCUT2D eigenvalue weighted by atomic mass is 127. The van der Waals surface area contributed by atoms with Gasteiger partial charge in [0.25, 0.3) is 0 Å². The number of nitrogens with zero attached hydrogens (tertiary/aromatic N) is 4. The van der Waals surface area contributed by atoms with E-state index in [0.717, 1.165) is 16.7 Å². The van der Waals surface area contributed by atoms with Crippen LogP contribution < -0.4 is 5.73 Å². The molecule has 74 valence electrons. The number of nitrogen functional groups attached to an aromatic ring is 1. The van der Waals surface area contributed by atoms with Crippen LogP contribution in [0.25, 0.3) is 0 Å². The third kappa shape index (κ3) is 2.25. The topological polar surface area (TPSA) is 61.7 Å². The Morgan fingerprint density at radius 2 is 2.14 bits per heavy atom. The molecule has 0 radical (unpaired) electrons. The van der Waals surface area contributed by atoms with E-state index in [4.69, 9.17) is 5.73 Å². The predicted molar refractivity (Wildman–Crippen MR) is 61.6 cm³/mol. The van der Waals surface area contributed by atoms with E-state index in [0.29, 0.717) is 5.82 Å². The second-order valence-corrected chi connectivity index (χ2v) is 4.17. The second kappa shape index (κ2) is 3.99. The van der Waals surface area contributed by atoms with Gasteiger partial charge in [-0.1, -0.05) is 0 Å². The van der Waals surface area contributed by atoms with Crippen LogP contribution in [-0.2, 0) is 13.1 Å². The van der Waals surface area contributed by atoms with E-state index in [2.05, 4.69) is 32.8 Å². The summed E-state index contributed by atoms with van der Waals surface area (Å²) in [6.07, 6.45) is 5.69. The standard InChI is InChI=1S/C8H10IN5/c9-7-5-11-14(6-7)4-3-13-2-1-8(10)12-13/h1-2,5-6H,3-4H2,(H2,10,12). The predicted octanol–water partition coefficient (Wildman–Crippen LogP) is 0.967. The summed E-state index contributed by atoms with van der Waals surface area (Å²) in [6, 6.07) is 1.78. The molecule has 2 heterocycles. The van der Waals surface area contributed by atoms with Gasteiger partial charge in [-0.25, -0.2) is 0 Å². The Morgan fingerprint density at radius 1 is 1.36 bits per heavy atom. The Hall–Kier alpha value is -1.05. The molecule has 0 aliphatic carbocycles. The van der Waals surface area contributed by atoms with E-state index in [1.165, 1.54) is 0 Å². The number of rotatable bonds is 3. The van der Waals surface area contributed by atoms with Crippen molar-refractivity contribution in [2.24, 2.45) is 0 Å². The molecule has 0 fully saturated rings. The molecule has 5 nitrogen and oxygen atoms in total. The first-order valence-electron chi connectivity index (χ1n) is 4.21. The minimum atomic E-state index is 0.556. The molecule has 14 heavy (non-hydrogen) atoms. The average Bonchev–Trinajstić information content (AvgIpc) is 2.72. The van der Waals surface area contributed by atoms with Crippen LogP contribution in [-0.4, -0.2) is 19.6 Å². The number of hydrogen-bond donors (Lipinski definition) is 1. The summed E-state index contributed by atoms with van der Waals surface area (Å²) in [6.45, 7) is 1.60. The fourth-order valence-electron chi connectivity index (χ4n) is 1.17. The van der Waals surface area contributed by atoms with E-state index < -0.39 is 0 Å². The van der Waals surface area contributed by atoms with Crippen LogP contribution in [0.4, 0.5) is 5.82 Å². The number of aromatic nitrogens is 4. The van der Waals surface area contributed by atoms with Crippen molar-refractivity contribution in [3.63, 3.8) is 0 Å². The van der Waals surface area contributed by atoms with Crippen molar-refractivity contribution in [3.8, 4) is 0 Å². The average molecular weight is 303 g/mol. The van der Waals surface area contributed by atoms with Crippen LogP contribution in [0.2, 0.25) is 0 Å². The fraction of sp³-hybridized carbons (Fsp3) is 0.250. The first-order chi connectivity index (χ1) is 6.74. The maximum absolute atomic E-state index is 5.50. The Morgan fingerprint density at radius 3 is 2.71 bits per heavy atom. The molecule has 0 spiro atoms. The molecule has 0 amide bonds. The lowest BCUT2D eigenvalue weighted by Gasteiger charge is -2.01. The molecule has 2 aromatic rings. The van der Waals surface area contributed by atoms with Gasteiger partial charge in [-0.05, 0) is 28.7 Å². The van der Waals surface area contributed by atoms with Gasteiger partial charge in [0, 0.05) is 12.4 Å². The van der Waals surface area contributed by atoms with Crippen LogP contribution in [0.5, 0.6) is 0 Å². The SMILES string of the molecule is Nc1ccn(CCn2cc(I)cn2)n1. The molecule has 2 N–H and O–H groups in total. The first kappa shape index (κ1) is 9.50. The lowest BCUT2D eigenvalue weighted by molar-refractivity contribution is 0.501. The van der Waals surface area contributed by atoms with Gasteiger partial charge in [-0.3, -0.25) is 9.36 Å². The van der Waals surface area contributed by atoms with E-state index in [-0.39, 0.29) is 0 Å². The number of hydrogen-bond acceptors (Lipinski definition) is 3. The highest BCUT2D eigenvalue weighted by Gasteiger charge is 1.97. The molecule has 0 unspecified atom stereocenters. The van der Waals surface area contributed by atoms with Crippen molar-refractivity contribution in [2.75, 3.05) is 5.73 Å². The molecule has 0 atom stereocenters. The van der Waals surface area contributed by atoms with Gasteiger partial charge in [-0.2, -0.15) is 10.2 Å².